The summed E-state index contributed by atoms with van der Waals surface area (Å²) in [7, 11) is -7.78. The van der Waals surface area contributed by atoms with Crippen LogP contribution < -0.4 is 18.9 Å². The number of nitrogens with one attached hydrogen (secondary N) is 2. The fraction of sp³-hybridized carbons (Fsp3) is 0.182. The normalized spacial score (nSPS) is 11.6. The van der Waals surface area contributed by atoms with Gasteiger partial charge in [-0.1, -0.05) is 15.9 Å². The number of hydrogen-bond donors (Lipinski definition) is 2. The molecule has 11 heteroatoms. The molecule has 2 N–H and O–H groups in total. The maximum Gasteiger partial charge on any atom is 0.262 e. The van der Waals surface area contributed by atoms with E-state index < -0.39 is 20.0 Å². The van der Waals surface area contributed by atoms with E-state index in [0.29, 0.717) is 30.4 Å². The Morgan fingerprint density at radius 2 is 1.12 bits per heavy atom. The summed E-state index contributed by atoms with van der Waals surface area (Å²) in [4.78, 5) is -0.0175. The zero-order chi connectivity index (χ0) is 24.1. The maximum atomic E-state index is 12.8. The lowest BCUT2D eigenvalue weighted by Crippen LogP contribution is -2.15. The maximum absolute atomic E-state index is 12.8. The summed E-state index contributed by atoms with van der Waals surface area (Å²) in [6, 6.07) is 16.4. The predicted octanol–water partition coefficient (Wildman–Crippen LogP) is 4.85. The van der Waals surface area contributed by atoms with Gasteiger partial charge in [-0.05, 0) is 74.5 Å². The van der Waals surface area contributed by atoms with Crippen molar-refractivity contribution in [1.82, 2.24) is 0 Å². The number of ether oxygens (including phenoxy) is 2. The second-order valence-corrected chi connectivity index (χ2v) is 11.0. The van der Waals surface area contributed by atoms with Crippen molar-refractivity contribution in [3.8, 4) is 11.5 Å². The molecule has 3 rings (SSSR count). The lowest BCUT2D eigenvalue weighted by molar-refractivity contribution is 0.287. The van der Waals surface area contributed by atoms with Gasteiger partial charge in [0.25, 0.3) is 20.0 Å². The van der Waals surface area contributed by atoms with Gasteiger partial charge in [-0.25, -0.2) is 16.8 Å². The molecule has 0 spiro atoms. The Morgan fingerprint density at radius 1 is 0.667 bits per heavy atom. The number of sulfonamides is 2. The molecule has 176 valence electrons. The highest BCUT2D eigenvalue weighted by molar-refractivity contribution is 9.10. The van der Waals surface area contributed by atoms with Gasteiger partial charge >= 0.3 is 0 Å². The van der Waals surface area contributed by atoms with E-state index in [1.165, 1.54) is 42.5 Å². The zero-order valence-electron chi connectivity index (χ0n) is 17.9. The minimum absolute atomic E-state index is 0.00642. The van der Waals surface area contributed by atoms with E-state index in [1.807, 2.05) is 6.92 Å². The van der Waals surface area contributed by atoms with Crippen molar-refractivity contribution in [2.75, 3.05) is 22.7 Å². The summed E-state index contributed by atoms with van der Waals surface area (Å²) in [5, 5.41) is 0. The van der Waals surface area contributed by atoms with Crippen LogP contribution >= 0.6 is 15.9 Å². The largest absolute Gasteiger partial charge is 0.490 e. The van der Waals surface area contributed by atoms with Gasteiger partial charge < -0.3 is 9.47 Å². The first kappa shape index (κ1) is 24.9. The quantitative estimate of drug-likeness (QED) is 0.370. The molecule has 0 unspecified atom stereocenters. The summed E-state index contributed by atoms with van der Waals surface area (Å²) in [5.41, 5.74) is 0.619. The van der Waals surface area contributed by atoms with Crippen LogP contribution in [-0.2, 0) is 20.0 Å². The van der Waals surface area contributed by atoms with Gasteiger partial charge in [0.2, 0.25) is 0 Å². The summed E-state index contributed by atoms with van der Waals surface area (Å²) in [6.07, 6.45) is 0. The molecule has 3 aromatic carbocycles. The Balaban J connectivity index is 1.78. The number of benzene rings is 3. The Labute approximate surface area is 202 Å². The molecule has 0 aliphatic heterocycles. The Hall–Kier alpha value is -2.76. The first-order valence-electron chi connectivity index (χ1n) is 9.95. The van der Waals surface area contributed by atoms with Crippen LogP contribution in [0, 0.1) is 0 Å². The molecule has 8 nitrogen and oxygen atoms in total. The molecule has 0 heterocycles. The van der Waals surface area contributed by atoms with Crippen molar-refractivity contribution in [3.05, 3.63) is 71.2 Å². The predicted molar refractivity (Wildman–Crippen MR) is 131 cm³/mol. The van der Waals surface area contributed by atoms with Gasteiger partial charge in [0.15, 0.2) is 11.5 Å². The minimum atomic E-state index is -3.94. The second-order valence-electron chi connectivity index (χ2n) is 6.72. The van der Waals surface area contributed by atoms with Crippen molar-refractivity contribution < 1.29 is 26.3 Å². The standard InChI is InChI=1S/C22H23BrN2O6S2/c1-3-30-21-14-13-20(15-22(21)31-4-2)33(28,29)25-18-9-11-19(12-10-18)32(26,27)24-17-7-5-16(23)6-8-17/h5-15,24-25H,3-4H2,1-2H3. The third kappa shape index (κ3) is 6.40. The van der Waals surface area contributed by atoms with Crippen molar-refractivity contribution in [2.24, 2.45) is 0 Å². The number of anilines is 2. The van der Waals surface area contributed by atoms with E-state index >= 15 is 0 Å². The smallest absolute Gasteiger partial charge is 0.262 e. The monoisotopic (exact) mass is 554 g/mol. The van der Waals surface area contributed by atoms with Crippen LogP contribution in [0.25, 0.3) is 0 Å². The van der Waals surface area contributed by atoms with Gasteiger partial charge in [-0.3, -0.25) is 9.44 Å². The van der Waals surface area contributed by atoms with E-state index in [2.05, 4.69) is 25.4 Å². The van der Waals surface area contributed by atoms with Crippen molar-refractivity contribution in [2.45, 2.75) is 23.6 Å². The van der Waals surface area contributed by atoms with Crippen LogP contribution in [0.1, 0.15) is 13.8 Å². The minimum Gasteiger partial charge on any atom is -0.490 e. The van der Waals surface area contributed by atoms with Crippen molar-refractivity contribution in [3.63, 3.8) is 0 Å². The van der Waals surface area contributed by atoms with Crippen LogP contribution in [0.5, 0.6) is 11.5 Å². The summed E-state index contributed by atoms with van der Waals surface area (Å²) in [6.45, 7) is 4.37. The number of halogens is 1. The van der Waals surface area contributed by atoms with Crippen LogP contribution in [0.4, 0.5) is 11.4 Å². The van der Waals surface area contributed by atoms with Crippen LogP contribution in [-0.4, -0.2) is 30.0 Å². The average molecular weight is 555 g/mol. The molecule has 0 amide bonds. The fourth-order valence-corrected chi connectivity index (χ4v) is 5.24. The highest BCUT2D eigenvalue weighted by Gasteiger charge is 2.19. The van der Waals surface area contributed by atoms with Crippen LogP contribution in [0.3, 0.4) is 0 Å². The molecule has 33 heavy (non-hydrogen) atoms. The zero-order valence-corrected chi connectivity index (χ0v) is 21.1. The van der Waals surface area contributed by atoms with Gasteiger partial charge in [-0.2, -0.15) is 0 Å². The molecule has 0 fully saturated rings. The Bertz CT molecular complexity index is 1310. The highest BCUT2D eigenvalue weighted by atomic mass is 79.9. The van der Waals surface area contributed by atoms with E-state index in [1.54, 1.807) is 31.2 Å². The Morgan fingerprint density at radius 3 is 1.67 bits per heavy atom. The third-order valence-electron chi connectivity index (χ3n) is 4.34. The van der Waals surface area contributed by atoms with Gasteiger partial charge in [0.05, 0.1) is 23.0 Å². The van der Waals surface area contributed by atoms with Crippen molar-refractivity contribution >= 4 is 47.4 Å². The second kappa shape index (κ2) is 10.4. The molecule has 0 bridgehead atoms. The van der Waals surface area contributed by atoms with E-state index in [4.69, 9.17) is 9.47 Å². The van der Waals surface area contributed by atoms with Gasteiger partial charge in [0, 0.05) is 21.9 Å². The summed E-state index contributed by atoms with van der Waals surface area (Å²) < 4.78 is 67.6. The number of rotatable bonds is 10. The molecule has 3 aromatic rings. The molecule has 0 saturated heterocycles. The molecule has 0 atom stereocenters. The van der Waals surface area contributed by atoms with Crippen LogP contribution in [0.15, 0.2) is 81.0 Å². The SMILES string of the molecule is CCOc1ccc(S(=O)(=O)Nc2ccc(S(=O)(=O)Nc3ccc(Br)cc3)cc2)cc1OCC. The third-order valence-corrected chi connectivity index (χ3v) is 7.64. The number of hydrogen-bond acceptors (Lipinski definition) is 6. The van der Waals surface area contributed by atoms with Crippen LogP contribution in [0.2, 0.25) is 0 Å². The summed E-state index contributed by atoms with van der Waals surface area (Å²) in [5.74, 6) is 0.772. The average Bonchev–Trinajstić information content (AvgIpc) is 2.77. The highest BCUT2D eigenvalue weighted by Crippen LogP contribution is 2.31. The van der Waals surface area contributed by atoms with Gasteiger partial charge in [-0.15, -0.1) is 0 Å². The molecular formula is C22H23BrN2O6S2. The topological polar surface area (TPSA) is 111 Å². The molecule has 0 aromatic heterocycles. The molecule has 0 saturated carbocycles. The van der Waals surface area contributed by atoms with Crippen molar-refractivity contribution in [1.29, 1.82) is 0 Å². The first-order valence-corrected chi connectivity index (χ1v) is 13.7. The molecule has 0 aliphatic carbocycles. The lowest BCUT2D eigenvalue weighted by atomic mass is 10.3. The van der Waals surface area contributed by atoms with E-state index in [9.17, 15) is 16.8 Å². The molecule has 0 radical (unpaired) electrons. The molecular weight excluding hydrogens is 532 g/mol. The van der Waals surface area contributed by atoms with E-state index in [-0.39, 0.29) is 15.5 Å². The van der Waals surface area contributed by atoms with Gasteiger partial charge in [0.1, 0.15) is 0 Å². The lowest BCUT2D eigenvalue weighted by Gasteiger charge is -2.14. The Kier molecular flexibility index (Phi) is 7.88. The van der Waals surface area contributed by atoms with E-state index in [0.717, 1.165) is 4.47 Å². The molecule has 0 aliphatic rings. The fourth-order valence-electron chi connectivity index (χ4n) is 2.85. The first-order chi connectivity index (χ1) is 15.6. The summed E-state index contributed by atoms with van der Waals surface area (Å²) >= 11 is 3.29.